The van der Waals surface area contributed by atoms with Gasteiger partial charge < -0.3 is 10.5 Å². The first kappa shape index (κ1) is 13.9. The van der Waals surface area contributed by atoms with Gasteiger partial charge in [-0.05, 0) is 49.7 Å². The maximum absolute atomic E-state index is 5.77. The molecule has 1 heterocycles. The van der Waals surface area contributed by atoms with Gasteiger partial charge in [0.15, 0.2) is 0 Å². The van der Waals surface area contributed by atoms with E-state index in [4.69, 9.17) is 15.5 Å². The van der Waals surface area contributed by atoms with Crippen LogP contribution in [0, 0.1) is 0 Å². The van der Waals surface area contributed by atoms with Crippen molar-refractivity contribution >= 4 is 27.2 Å². The van der Waals surface area contributed by atoms with Crippen LogP contribution in [-0.4, -0.2) is 12.1 Å². The van der Waals surface area contributed by atoms with Crippen molar-refractivity contribution in [3.63, 3.8) is 0 Å². The number of methoxy groups -OCH3 is 1. The fourth-order valence-electron chi connectivity index (χ4n) is 2.32. The smallest absolute Gasteiger partial charge is 0.120 e. The lowest BCUT2D eigenvalue weighted by Gasteiger charge is -2.22. The number of hydrogen-bond donors (Lipinski definition) is 1. The van der Waals surface area contributed by atoms with Crippen molar-refractivity contribution in [1.29, 1.82) is 0 Å². The van der Waals surface area contributed by atoms with Crippen molar-refractivity contribution in [2.45, 2.75) is 19.3 Å². The lowest BCUT2D eigenvalue weighted by Crippen LogP contribution is -2.18. The number of thiazole rings is 1. The van der Waals surface area contributed by atoms with Crippen LogP contribution in [0.3, 0.4) is 0 Å². The van der Waals surface area contributed by atoms with E-state index in [2.05, 4.69) is 26.0 Å². The van der Waals surface area contributed by atoms with Gasteiger partial charge in [0.2, 0.25) is 0 Å². The molecule has 0 fully saturated rings. The third-order valence-corrected chi connectivity index (χ3v) is 5.10. The fourth-order valence-corrected chi connectivity index (χ4v) is 3.44. The summed E-state index contributed by atoms with van der Waals surface area (Å²) >= 11 is 1.71. The topological polar surface area (TPSA) is 48.1 Å². The monoisotopic (exact) mass is 298 g/mol. The normalized spacial score (nSPS) is 11.8. The molecule has 21 heavy (non-hydrogen) atoms. The lowest BCUT2D eigenvalue weighted by atomic mass is 9.85. The van der Waals surface area contributed by atoms with Crippen molar-refractivity contribution in [2.75, 3.05) is 12.8 Å². The number of benzene rings is 2. The molecule has 0 amide bonds. The maximum atomic E-state index is 5.77. The molecule has 3 aromatic rings. The van der Waals surface area contributed by atoms with Gasteiger partial charge in [0, 0.05) is 11.1 Å². The second kappa shape index (κ2) is 5.04. The molecule has 0 saturated carbocycles. The highest BCUT2D eigenvalue weighted by atomic mass is 32.1. The lowest BCUT2D eigenvalue weighted by molar-refractivity contribution is 0.415. The zero-order valence-corrected chi connectivity index (χ0v) is 13.2. The van der Waals surface area contributed by atoms with E-state index in [0.29, 0.717) is 0 Å². The second-order valence-corrected chi connectivity index (χ2v) is 6.63. The highest BCUT2D eigenvalue weighted by Crippen LogP contribution is 2.37. The summed E-state index contributed by atoms with van der Waals surface area (Å²) in [5, 5.41) is 1.09. The average Bonchev–Trinajstić information content (AvgIpc) is 2.91. The Morgan fingerprint density at radius 3 is 2.48 bits per heavy atom. The van der Waals surface area contributed by atoms with Gasteiger partial charge in [-0.1, -0.05) is 12.1 Å². The Morgan fingerprint density at radius 1 is 1.10 bits per heavy atom. The number of ether oxygens (including phenoxy) is 1. The molecule has 0 aliphatic carbocycles. The first-order chi connectivity index (χ1) is 10.0. The fraction of sp³-hybridized carbons (Fsp3) is 0.235. The summed E-state index contributed by atoms with van der Waals surface area (Å²) in [6.07, 6.45) is 0. The summed E-state index contributed by atoms with van der Waals surface area (Å²) in [6.45, 7) is 4.38. The van der Waals surface area contributed by atoms with Crippen molar-refractivity contribution in [1.82, 2.24) is 4.98 Å². The molecule has 0 bridgehead atoms. The van der Waals surface area contributed by atoms with E-state index in [-0.39, 0.29) is 5.41 Å². The Morgan fingerprint density at radius 2 is 1.81 bits per heavy atom. The number of anilines is 1. The Bertz CT molecular complexity index is 775. The minimum Gasteiger partial charge on any atom is -0.497 e. The van der Waals surface area contributed by atoms with E-state index < -0.39 is 0 Å². The number of nitrogen functional groups attached to an aromatic ring is 1. The average molecular weight is 298 g/mol. The zero-order valence-electron chi connectivity index (χ0n) is 12.4. The molecule has 2 N–H and O–H groups in total. The number of nitrogens with zero attached hydrogens (tertiary/aromatic N) is 1. The summed E-state index contributed by atoms with van der Waals surface area (Å²) in [5.41, 5.74) is 8.63. The summed E-state index contributed by atoms with van der Waals surface area (Å²) < 4.78 is 6.43. The van der Waals surface area contributed by atoms with Gasteiger partial charge in [-0.15, -0.1) is 11.3 Å². The molecule has 0 aliphatic rings. The number of fused-ring (bicyclic) bond motifs is 1. The summed E-state index contributed by atoms with van der Waals surface area (Å²) in [6, 6.07) is 14.0. The van der Waals surface area contributed by atoms with E-state index in [9.17, 15) is 0 Å². The van der Waals surface area contributed by atoms with Gasteiger partial charge in [0.1, 0.15) is 10.8 Å². The van der Waals surface area contributed by atoms with E-state index >= 15 is 0 Å². The first-order valence-electron chi connectivity index (χ1n) is 6.82. The summed E-state index contributed by atoms with van der Waals surface area (Å²) in [5.74, 6) is 0.864. The Hall–Kier alpha value is -2.07. The van der Waals surface area contributed by atoms with Gasteiger partial charge in [0.05, 0.1) is 17.3 Å². The molecule has 1 aromatic heterocycles. The molecular weight excluding hydrogens is 280 g/mol. The Labute approximate surface area is 128 Å². The minimum atomic E-state index is -0.148. The number of rotatable bonds is 3. The molecule has 0 aliphatic heterocycles. The van der Waals surface area contributed by atoms with E-state index in [0.717, 1.165) is 26.7 Å². The second-order valence-electron chi connectivity index (χ2n) is 5.60. The third-order valence-electron chi connectivity index (χ3n) is 3.76. The highest BCUT2D eigenvalue weighted by Gasteiger charge is 2.27. The predicted molar refractivity (Wildman–Crippen MR) is 89.2 cm³/mol. The summed E-state index contributed by atoms with van der Waals surface area (Å²) in [4.78, 5) is 4.79. The molecule has 0 unspecified atom stereocenters. The van der Waals surface area contributed by atoms with Crippen LogP contribution in [0.15, 0.2) is 42.5 Å². The molecule has 4 heteroatoms. The number of aromatic nitrogens is 1. The van der Waals surface area contributed by atoms with Crippen LogP contribution in [0.4, 0.5) is 5.69 Å². The molecule has 0 saturated heterocycles. The molecular formula is C17H18N2OS. The van der Waals surface area contributed by atoms with Crippen molar-refractivity contribution in [3.8, 4) is 5.75 Å². The van der Waals surface area contributed by atoms with Crippen LogP contribution in [-0.2, 0) is 5.41 Å². The van der Waals surface area contributed by atoms with Crippen LogP contribution >= 0.6 is 11.3 Å². The number of hydrogen-bond acceptors (Lipinski definition) is 4. The minimum absolute atomic E-state index is 0.148. The molecule has 2 aromatic carbocycles. The van der Waals surface area contributed by atoms with Crippen LogP contribution in [0.5, 0.6) is 5.75 Å². The van der Waals surface area contributed by atoms with Crippen molar-refractivity contribution in [3.05, 3.63) is 53.0 Å². The van der Waals surface area contributed by atoms with Gasteiger partial charge in [-0.25, -0.2) is 4.98 Å². The Kier molecular flexibility index (Phi) is 3.33. The SMILES string of the molecule is COc1ccc2nc(C(C)(C)c3ccc(N)cc3)sc2c1. The molecule has 0 radical (unpaired) electrons. The van der Waals surface area contributed by atoms with Crippen LogP contribution < -0.4 is 10.5 Å². The first-order valence-corrected chi connectivity index (χ1v) is 7.63. The van der Waals surface area contributed by atoms with Crippen LogP contribution in [0.1, 0.15) is 24.4 Å². The molecule has 3 nitrogen and oxygen atoms in total. The van der Waals surface area contributed by atoms with Crippen molar-refractivity contribution < 1.29 is 4.74 Å². The van der Waals surface area contributed by atoms with Gasteiger partial charge in [-0.2, -0.15) is 0 Å². The largest absolute Gasteiger partial charge is 0.497 e. The van der Waals surface area contributed by atoms with Gasteiger partial charge >= 0.3 is 0 Å². The molecule has 0 atom stereocenters. The van der Waals surface area contributed by atoms with E-state index in [1.807, 2.05) is 30.3 Å². The van der Waals surface area contributed by atoms with E-state index in [1.165, 1.54) is 5.56 Å². The molecule has 0 spiro atoms. The van der Waals surface area contributed by atoms with Crippen LogP contribution in [0.25, 0.3) is 10.2 Å². The van der Waals surface area contributed by atoms with Gasteiger partial charge in [0.25, 0.3) is 0 Å². The van der Waals surface area contributed by atoms with Crippen molar-refractivity contribution in [2.24, 2.45) is 0 Å². The molecule has 108 valence electrons. The number of nitrogens with two attached hydrogens (primary N) is 1. The Balaban J connectivity index is 2.07. The van der Waals surface area contributed by atoms with Crippen LogP contribution in [0.2, 0.25) is 0 Å². The van der Waals surface area contributed by atoms with Gasteiger partial charge in [-0.3, -0.25) is 0 Å². The van der Waals surface area contributed by atoms with E-state index in [1.54, 1.807) is 18.4 Å². The molecule has 3 rings (SSSR count). The standard InChI is InChI=1S/C17H18N2OS/c1-17(2,11-4-6-12(18)7-5-11)16-19-14-9-8-13(20-3)10-15(14)21-16/h4-10H,18H2,1-3H3. The maximum Gasteiger partial charge on any atom is 0.120 e. The predicted octanol–water partition coefficient (Wildman–Crippen LogP) is 4.21. The summed E-state index contributed by atoms with van der Waals surface area (Å²) in [7, 11) is 1.68. The highest BCUT2D eigenvalue weighted by molar-refractivity contribution is 7.18. The zero-order chi connectivity index (χ0) is 15.0. The third kappa shape index (κ3) is 2.47. The quantitative estimate of drug-likeness (QED) is 0.737.